The molecular formula is C16H15NO2. The van der Waals surface area contributed by atoms with Gasteiger partial charge in [-0.05, 0) is 37.6 Å². The average Bonchev–Trinajstić information content (AvgIpc) is 2.43. The van der Waals surface area contributed by atoms with E-state index in [1.54, 1.807) is 6.07 Å². The van der Waals surface area contributed by atoms with Gasteiger partial charge in [0.25, 0.3) is 0 Å². The summed E-state index contributed by atoms with van der Waals surface area (Å²) >= 11 is 0. The first-order chi connectivity index (χ1) is 9.26. The van der Waals surface area contributed by atoms with Crippen LogP contribution in [0.3, 0.4) is 0 Å². The van der Waals surface area contributed by atoms with E-state index in [0.29, 0.717) is 29.4 Å². The fourth-order valence-electron chi connectivity index (χ4n) is 1.80. The number of ether oxygens (including phenoxy) is 2. The second kappa shape index (κ2) is 5.92. The molecule has 0 amide bonds. The summed E-state index contributed by atoms with van der Waals surface area (Å²) in [5.74, 6) is 1.88. The zero-order valence-corrected chi connectivity index (χ0v) is 11.0. The Labute approximate surface area is 113 Å². The molecule has 0 saturated carbocycles. The normalized spacial score (nSPS) is 9.74. The van der Waals surface area contributed by atoms with Crippen LogP contribution in [0.1, 0.15) is 18.1 Å². The van der Waals surface area contributed by atoms with Crippen molar-refractivity contribution in [2.45, 2.75) is 13.8 Å². The van der Waals surface area contributed by atoms with E-state index >= 15 is 0 Å². The maximum absolute atomic E-state index is 9.13. The van der Waals surface area contributed by atoms with Gasteiger partial charge < -0.3 is 9.47 Å². The molecule has 0 radical (unpaired) electrons. The van der Waals surface area contributed by atoms with Crippen molar-refractivity contribution in [1.29, 1.82) is 5.26 Å². The van der Waals surface area contributed by atoms with Gasteiger partial charge in [0.2, 0.25) is 0 Å². The molecule has 3 heteroatoms. The van der Waals surface area contributed by atoms with Gasteiger partial charge in [-0.3, -0.25) is 0 Å². The predicted octanol–water partition coefficient (Wildman–Crippen LogP) is 4.06. The summed E-state index contributed by atoms with van der Waals surface area (Å²) in [6, 6.07) is 15.1. The fourth-order valence-corrected chi connectivity index (χ4v) is 1.80. The molecule has 0 aliphatic carbocycles. The molecule has 19 heavy (non-hydrogen) atoms. The summed E-state index contributed by atoms with van der Waals surface area (Å²) in [7, 11) is 0. The number of aryl methyl sites for hydroxylation is 1. The van der Waals surface area contributed by atoms with Gasteiger partial charge in [0.05, 0.1) is 12.2 Å². The summed E-state index contributed by atoms with van der Waals surface area (Å²) in [5, 5.41) is 9.13. The molecule has 0 saturated heterocycles. The third-order valence-electron chi connectivity index (χ3n) is 2.69. The molecule has 0 aliphatic heterocycles. The molecule has 3 nitrogen and oxygen atoms in total. The highest BCUT2D eigenvalue weighted by atomic mass is 16.5. The van der Waals surface area contributed by atoms with Crippen molar-refractivity contribution in [3.05, 3.63) is 53.6 Å². The van der Waals surface area contributed by atoms with Crippen LogP contribution in [0.4, 0.5) is 0 Å². The number of benzene rings is 2. The molecule has 96 valence electrons. The molecule has 0 heterocycles. The minimum Gasteiger partial charge on any atom is -0.490 e. The van der Waals surface area contributed by atoms with Crippen molar-refractivity contribution >= 4 is 0 Å². The Morgan fingerprint density at radius 2 is 1.79 bits per heavy atom. The molecule has 0 atom stereocenters. The first-order valence-corrected chi connectivity index (χ1v) is 6.15. The van der Waals surface area contributed by atoms with Gasteiger partial charge in [0, 0.05) is 0 Å². The van der Waals surface area contributed by atoms with E-state index in [2.05, 4.69) is 6.07 Å². The Morgan fingerprint density at radius 1 is 1.05 bits per heavy atom. The molecule has 0 N–H and O–H groups in total. The van der Waals surface area contributed by atoms with Gasteiger partial charge in [-0.15, -0.1) is 0 Å². The van der Waals surface area contributed by atoms with Crippen LogP contribution in [0, 0.1) is 18.3 Å². The standard InChI is InChI=1S/C16H15NO2/c1-3-18-14-9-4-5-10-15(14)19-16-12(2)7-6-8-13(16)11-17/h4-10H,3H2,1-2H3. The molecule has 2 aromatic rings. The maximum Gasteiger partial charge on any atom is 0.169 e. The van der Waals surface area contributed by atoms with Crippen LogP contribution >= 0.6 is 0 Å². The van der Waals surface area contributed by atoms with Crippen LogP contribution in [-0.4, -0.2) is 6.61 Å². The lowest BCUT2D eigenvalue weighted by Crippen LogP contribution is -1.96. The highest BCUT2D eigenvalue weighted by molar-refractivity contribution is 5.52. The van der Waals surface area contributed by atoms with Crippen LogP contribution in [0.15, 0.2) is 42.5 Å². The van der Waals surface area contributed by atoms with Crippen molar-refractivity contribution in [2.24, 2.45) is 0 Å². The molecular weight excluding hydrogens is 238 g/mol. The Kier molecular flexibility index (Phi) is 4.04. The Balaban J connectivity index is 2.39. The predicted molar refractivity (Wildman–Crippen MR) is 73.6 cm³/mol. The van der Waals surface area contributed by atoms with Crippen molar-refractivity contribution in [2.75, 3.05) is 6.61 Å². The lowest BCUT2D eigenvalue weighted by molar-refractivity contribution is 0.321. The van der Waals surface area contributed by atoms with Crippen LogP contribution in [0.2, 0.25) is 0 Å². The summed E-state index contributed by atoms with van der Waals surface area (Å²) in [4.78, 5) is 0. The molecule has 2 aromatic carbocycles. The Hall–Kier alpha value is -2.47. The van der Waals surface area contributed by atoms with Crippen molar-refractivity contribution < 1.29 is 9.47 Å². The number of nitriles is 1. The molecule has 0 unspecified atom stereocenters. The SMILES string of the molecule is CCOc1ccccc1Oc1c(C)cccc1C#N. The molecule has 0 aliphatic rings. The quantitative estimate of drug-likeness (QED) is 0.825. The third-order valence-corrected chi connectivity index (χ3v) is 2.69. The Morgan fingerprint density at radius 3 is 2.47 bits per heavy atom. The minimum atomic E-state index is 0.520. The summed E-state index contributed by atoms with van der Waals surface area (Å²) < 4.78 is 11.4. The highest BCUT2D eigenvalue weighted by Gasteiger charge is 2.11. The zero-order chi connectivity index (χ0) is 13.7. The molecule has 2 rings (SSSR count). The largest absolute Gasteiger partial charge is 0.490 e. The minimum absolute atomic E-state index is 0.520. The van der Waals surface area contributed by atoms with Gasteiger partial charge in [-0.25, -0.2) is 0 Å². The van der Waals surface area contributed by atoms with Crippen molar-refractivity contribution in [3.63, 3.8) is 0 Å². The lowest BCUT2D eigenvalue weighted by atomic mass is 10.1. The van der Waals surface area contributed by atoms with E-state index in [9.17, 15) is 0 Å². The van der Waals surface area contributed by atoms with Gasteiger partial charge in [-0.2, -0.15) is 5.26 Å². The van der Waals surface area contributed by atoms with E-state index in [1.165, 1.54) is 0 Å². The van der Waals surface area contributed by atoms with Gasteiger partial charge >= 0.3 is 0 Å². The van der Waals surface area contributed by atoms with Crippen LogP contribution in [0.25, 0.3) is 0 Å². The van der Waals surface area contributed by atoms with Crippen LogP contribution in [-0.2, 0) is 0 Å². The Bertz CT molecular complexity index is 614. The summed E-state index contributed by atoms with van der Waals surface area (Å²) in [5.41, 5.74) is 1.44. The molecule has 0 fully saturated rings. The lowest BCUT2D eigenvalue weighted by Gasteiger charge is -2.13. The van der Waals surface area contributed by atoms with Gasteiger partial charge in [-0.1, -0.05) is 24.3 Å². The number of para-hydroxylation sites is 3. The smallest absolute Gasteiger partial charge is 0.169 e. The van der Waals surface area contributed by atoms with Crippen LogP contribution in [0.5, 0.6) is 17.2 Å². The highest BCUT2D eigenvalue weighted by Crippen LogP contribution is 2.34. The van der Waals surface area contributed by atoms with E-state index in [-0.39, 0.29) is 0 Å². The van der Waals surface area contributed by atoms with Crippen molar-refractivity contribution in [1.82, 2.24) is 0 Å². The van der Waals surface area contributed by atoms with E-state index < -0.39 is 0 Å². The van der Waals surface area contributed by atoms with Crippen LogP contribution < -0.4 is 9.47 Å². The number of hydrogen-bond donors (Lipinski definition) is 0. The third kappa shape index (κ3) is 2.86. The fraction of sp³-hybridized carbons (Fsp3) is 0.188. The molecule has 0 aromatic heterocycles. The maximum atomic E-state index is 9.13. The van der Waals surface area contributed by atoms with E-state index in [4.69, 9.17) is 14.7 Å². The molecule has 0 bridgehead atoms. The number of hydrogen-bond acceptors (Lipinski definition) is 3. The topological polar surface area (TPSA) is 42.2 Å². The zero-order valence-electron chi connectivity index (χ0n) is 11.0. The second-order valence-corrected chi connectivity index (χ2v) is 4.05. The first-order valence-electron chi connectivity index (χ1n) is 6.15. The second-order valence-electron chi connectivity index (χ2n) is 4.05. The average molecular weight is 253 g/mol. The first kappa shape index (κ1) is 13.0. The van der Waals surface area contributed by atoms with Crippen molar-refractivity contribution in [3.8, 4) is 23.3 Å². The summed E-state index contributed by atoms with van der Waals surface area (Å²) in [6.07, 6.45) is 0. The summed E-state index contributed by atoms with van der Waals surface area (Å²) in [6.45, 7) is 4.41. The number of rotatable bonds is 4. The van der Waals surface area contributed by atoms with Gasteiger partial charge in [0.1, 0.15) is 11.8 Å². The van der Waals surface area contributed by atoms with E-state index in [1.807, 2.05) is 50.2 Å². The monoisotopic (exact) mass is 253 g/mol. The van der Waals surface area contributed by atoms with E-state index in [0.717, 1.165) is 5.56 Å². The number of nitrogens with zero attached hydrogens (tertiary/aromatic N) is 1. The van der Waals surface area contributed by atoms with Gasteiger partial charge in [0.15, 0.2) is 11.5 Å². The molecule has 0 spiro atoms.